The van der Waals surface area contributed by atoms with Crippen LogP contribution in [0.15, 0.2) is 24.3 Å². The second-order valence-corrected chi connectivity index (χ2v) is 19.0. The van der Waals surface area contributed by atoms with Gasteiger partial charge < -0.3 is 39.4 Å². The van der Waals surface area contributed by atoms with E-state index in [1.54, 1.807) is 0 Å². The highest BCUT2D eigenvalue weighted by Crippen LogP contribution is 2.23. The highest BCUT2D eigenvalue weighted by atomic mass is 16.7. The van der Waals surface area contributed by atoms with Gasteiger partial charge in [-0.1, -0.05) is 231 Å². The number of rotatable bonds is 48. The van der Waals surface area contributed by atoms with Gasteiger partial charge >= 0.3 is 5.97 Å². The molecule has 1 fully saturated rings. The van der Waals surface area contributed by atoms with E-state index in [2.05, 4.69) is 38.2 Å². The summed E-state index contributed by atoms with van der Waals surface area (Å²) in [6, 6.07) is 0. The fraction of sp³-hybridized carbons (Fsp3) is 0.909. The Labute approximate surface area is 394 Å². The maximum Gasteiger partial charge on any atom is 0.306 e. The third-order valence-electron chi connectivity index (χ3n) is 12.9. The van der Waals surface area contributed by atoms with Crippen LogP contribution in [0.4, 0.5) is 0 Å². The first-order chi connectivity index (χ1) is 31.4. The van der Waals surface area contributed by atoms with Crippen molar-refractivity contribution in [3.05, 3.63) is 24.3 Å². The van der Waals surface area contributed by atoms with Crippen LogP contribution in [0.25, 0.3) is 0 Å². The summed E-state index contributed by atoms with van der Waals surface area (Å²) in [5.74, 6) is -0.316. The van der Waals surface area contributed by atoms with Crippen LogP contribution in [-0.2, 0) is 23.7 Å². The monoisotopic (exact) mass is 909 g/mol. The summed E-state index contributed by atoms with van der Waals surface area (Å²) in [7, 11) is 0. The number of carbonyl (C=O) groups excluding carboxylic acids is 1. The van der Waals surface area contributed by atoms with Crippen LogP contribution in [0.1, 0.15) is 258 Å². The molecule has 0 amide bonds. The van der Waals surface area contributed by atoms with Gasteiger partial charge in [0.2, 0.25) is 0 Å². The van der Waals surface area contributed by atoms with Crippen LogP contribution in [-0.4, -0.2) is 89.6 Å². The van der Waals surface area contributed by atoms with Gasteiger partial charge in [-0.2, -0.15) is 0 Å². The van der Waals surface area contributed by atoms with E-state index in [1.807, 2.05) is 0 Å². The van der Waals surface area contributed by atoms with E-state index in [4.69, 9.17) is 18.9 Å². The molecule has 1 rings (SSSR count). The minimum atomic E-state index is -1.54. The summed E-state index contributed by atoms with van der Waals surface area (Å²) in [5, 5.41) is 40.3. The molecule has 0 spiro atoms. The van der Waals surface area contributed by atoms with Crippen LogP contribution < -0.4 is 0 Å². The standard InChI is InChI=1S/C55H104O9/c1-3-5-7-9-11-13-15-17-19-21-22-23-24-25-26-27-29-31-33-35-37-39-41-43-45-61-47-49(48-62-55-54(60)53(59)52(58)50(46-56)64-55)63-51(57)44-42-40-38-36-34-32-30-28-20-18-16-14-12-10-8-6-4-2/h12,14,18,20,49-50,52-56,58-60H,3-11,13,15-17,19,21-48H2,1-2H3/b14-12-,20-18-. The fourth-order valence-electron chi connectivity index (χ4n) is 8.58. The van der Waals surface area contributed by atoms with E-state index >= 15 is 0 Å². The van der Waals surface area contributed by atoms with E-state index in [0.717, 1.165) is 44.9 Å². The SMILES string of the molecule is CCCCC/C=C\C/C=C\CCCCCCCCCC(=O)OC(COCCCCCCCCCCCCCCCCCCCCCCCCCC)COC1OC(CO)C(O)C(O)C1O. The quantitative estimate of drug-likeness (QED) is 0.0267. The van der Waals surface area contributed by atoms with Crippen molar-refractivity contribution >= 4 is 5.97 Å². The molecule has 6 atom stereocenters. The number of aliphatic hydroxyl groups is 4. The fourth-order valence-corrected chi connectivity index (χ4v) is 8.58. The van der Waals surface area contributed by atoms with E-state index in [0.29, 0.717) is 13.0 Å². The van der Waals surface area contributed by atoms with E-state index in [-0.39, 0.29) is 19.2 Å². The van der Waals surface area contributed by atoms with Crippen molar-refractivity contribution in [3.8, 4) is 0 Å². The van der Waals surface area contributed by atoms with Crippen molar-refractivity contribution in [3.63, 3.8) is 0 Å². The predicted octanol–water partition coefficient (Wildman–Crippen LogP) is 13.7. The van der Waals surface area contributed by atoms with Gasteiger partial charge in [0.05, 0.1) is 19.8 Å². The van der Waals surface area contributed by atoms with Crippen LogP contribution >= 0.6 is 0 Å². The molecule has 1 aliphatic rings. The average Bonchev–Trinajstić information content (AvgIpc) is 3.30. The van der Waals surface area contributed by atoms with Crippen molar-refractivity contribution in [2.45, 2.75) is 295 Å². The smallest absolute Gasteiger partial charge is 0.306 e. The number of hydrogen-bond acceptors (Lipinski definition) is 9. The Balaban J connectivity index is 2.15. The lowest BCUT2D eigenvalue weighted by Gasteiger charge is -2.39. The van der Waals surface area contributed by atoms with Gasteiger partial charge in [0.1, 0.15) is 30.5 Å². The van der Waals surface area contributed by atoms with Gasteiger partial charge in [0.15, 0.2) is 6.29 Å². The molecule has 0 aromatic rings. The molecule has 1 heterocycles. The molecule has 0 saturated carbocycles. The number of unbranched alkanes of at least 4 members (excludes halogenated alkanes) is 33. The van der Waals surface area contributed by atoms with Crippen molar-refractivity contribution in [1.82, 2.24) is 0 Å². The Morgan fingerprint density at radius 2 is 0.906 bits per heavy atom. The molecule has 64 heavy (non-hydrogen) atoms. The molecule has 9 nitrogen and oxygen atoms in total. The third-order valence-corrected chi connectivity index (χ3v) is 12.9. The number of aliphatic hydroxyl groups excluding tert-OH is 4. The first-order valence-electron chi connectivity index (χ1n) is 27.4. The van der Waals surface area contributed by atoms with Crippen LogP contribution in [0.2, 0.25) is 0 Å². The Bertz CT molecular complexity index is 1040. The largest absolute Gasteiger partial charge is 0.457 e. The molecule has 378 valence electrons. The molecule has 1 saturated heterocycles. The number of carbonyl (C=O) groups is 1. The molecule has 0 aromatic carbocycles. The van der Waals surface area contributed by atoms with E-state index < -0.39 is 43.4 Å². The van der Waals surface area contributed by atoms with Crippen LogP contribution in [0.5, 0.6) is 0 Å². The van der Waals surface area contributed by atoms with Crippen LogP contribution in [0.3, 0.4) is 0 Å². The maximum atomic E-state index is 12.8. The van der Waals surface area contributed by atoms with E-state index in [1.165, 1.54) is 193 Å². The van der Waals surface area contributed by atoms with E-state index in [9.17, 15) is 25.2 Å². The molecule has 6 unspecified atom stereocenters. The zero-order valence-corrected chi connectivity index (χ0v) is 41.8. The number of hydrogen-bond donors (Lipinski definition) is 4. The molecule has 0 bridgehead atoms. The zero-order chi connectivity index (χ0) is 46.4. The van der Waals surface area contributed by atoms with Gasteiger partial charge in [0, 0.05) is 13.0 Å². The Morgan fingerprint density at radius 1 is 0.500 bits per heavy atom. The lowest BCUT2D eigenvalue weighted by atomic mass is 9.99. The highest BCUT2D eigenvalue weighted by molar-refractivity contribution is 5.69. The topological polar surface area (TPSA) is 135 Å². The second kappa shape index (κ2) is 46.8. The minimum Gasteiger partial charge on any atom is -0.457 e. The summed E-state index contributed by atoms with van der Waals surface area (Å²) < 4.78 is 22.9. The first-order valence-corrected chi connectivity index (χ1v) is 27.4. The number of esters is 1. The molecule has 9 heteroatoms. The summed E-state index contributed by atoms with van der Waals surface area (Å²) in [5.41, 5.74) is 0. The lowest BCUT2D eigenvalue weighted by molar-refractivity contribution is -0.305. The molecule has 0 radical (unpaired) electrons. The third kappa shape index (κ3) is 36.7. The highest BCUT2D eigenvalue weighted by Gasteiger charge is 2.44. The summed E-state index contributed by atoms with van der Waals surface area (Å²) >= 11 is 0. The Kier molecular flexibility index (Phi) is 44.3. The predicted molar refractivity (Wildman–Crippen MR) is 265 cm³/mol. The van der Waals surface area contributed by atoms with Crippen molar-refractivity contribution in [2.24, 2.45) is 0 Å². The summed E-state index contributed by atoms with van der Waals surface area (Å²) in [6.45, 7) is 4.58. The minimum absolute atomic E-state index is 0.112. The number of ether oxygens (including phenoxy) is 4. The zero-order valence-electron chi connectivity index (χ0n) is 41.8. The van der Waals surface area contributed by atoms with Crippen molar-refractivity contribution < 1.29 is 44.2 Å². The van der Waals surface area contributed by atoms with Gasteiger partial charge in [-0.3, -0.25) is 4.79 Å². The van der Waals surface area contributed by atoms with Gasteiger partial charge in [-0.05, 0) is 44.9 Å². The van der Waals surface area contributed by atoms with Crippen molar-refractivity contribution in [1.29, 1.82) is 0 Å². The number of allylic oxidation sites excluding steroid dienone is 4. The molecular weight excluding hydrogens is 805 g/mol. The van der Waals surface area contributed by atoms with Gasteiger partial charge in [-0.15, -0.1) is 0 Å². The molecule has 1 aliphatic heterocycles. The molecule has 0 aromatic heterocycles. The first kappa shape index (κ1) is 60.7. The molecule has 0 aliphatic carbocycles. The molecule has 4 N–H and O–H groups in total. The lowest BCUT2D eigenvalue weighted by Crippen LogP contribution is -2.59. The Hall–Kier alpha value is -1.33. The Morgan fingerprint density at radius 3 is 1.38 bits per heavy atom. The van der Waals surface area contributed by atoms with Crippen LogP contribution in [0, 0.1) is 0 Å². The normalized spacial score (nSPS) is 19.6. The maximum absolute atomic E-state index is 12.8. The summed E-state index contributed by atoms with van der Waals surface area (Å²) in [6.07, 6.45) is 49.4. The molecular formula is C55H104O9. The van der Waals surface area contributed by atoms with Crippen molar-refractivity contribution in [2.75, 3.05) is 26.4 Å². The average molecular weight is 909 g/mol. The summed E-state index contributed by atoms with van der Waals surface area (Å²) in [4.78, 5) is 12.8. The van der Waals surface area contributed by atoms with Gasteiger partial charge in [0.25, 0.3) is 0 Å². The van der Waals surface area contributed by atoms with Gasteiger partial charge in [-0.25, -0.2) is 0 Å². The second-order valence-electron chi connectivity index (χ2n) is 19.0.